The van der Waals surface area contributed by atoms with Crippen molar-refractivity contribution in [2.24, 2.45) is 40.4 Å². The molecule has 0 amide bonds. The van der Waals surface area contributed by atoms with Gasteiger partial charge in [0.1, 0.15) is 23.2 Å². The summed E-state index contributed by atoms with van der Waals surface area (Å²) in [6.07, 6.45) is 6.39. The van der Waals surface area contributed by atoms with Gasteiger partial charge in [-0.1, -0.05) is 59.9 Å². The molecule has 8 heteroatoms. The molecule has 8 nitrogen and oxygen atoms in total. The van der Waals surface area contributed by atoms with Crippen molar-refractivity contribution in [2.45, 2.75) is 111 Å². The first-order chi connectivity index (χ1) is 20.5. The van der Waals surface area contributed by atoms with Crippen molar-refractivity contribution in [1.29, 1.82) is 0 Å². The Kier molecular flexibility index (Phi) is 8.18. The summed E-state index contributed by atoms with van der Waals surface area (Å²) in [6, 6.07) is 1.87. The molecule has 0 bridgehead atoms. The molecule has 5 rings (SSSR count). The van der Waals surface area contributed by atoms with Crippen molar-refractivity contribution in [3.8, 4) is 5.75 Å². The van der Waals surface area contributed by atoms with Crippen molar-refractivity contribution in [2.75, 3.05) is 0 Å². The Hall–Kier alpha value is -3.00. The molecular formula is C36H46O8. The van der Waals surface area contributed by atoms with Gasteiger partial charge >= 0.3 is 0 Å². The van der Waals surface area contributed by atoms with Crippen LogP contribution in [0.15, 0.2) is 6.07 Å². The molecule has 3 unspecified atom stereocenters. The van der Waals surface area contributed by atoms with Crippen LogP contribution in [0.4, 0.5) is 0 Å². The standard InChI is InChI=1S/C36H46O8/c1-7-20-15-22(13-14-24(38)21-11-9-8-10-12-21)23-16-34(5)17-35(6)27(18(2)3)30(40)25(19(4)37)32(42)36(35,44)33(43)28(34)31(41)26(23)29(20)39/h15,18,21,25,27-28,39,44H,7-14,16-17H2,1-6H3/t25?,27?,28?,34-,35-,36+/m1/s1. The van der Waals surface area contributed by atoms with Gasteiger partial charge in [-0.15, -0.1) is 0 Å². The average Bonchev–Trinajstić information content (AvgIpc) is 2.94. The molecule has 1 aromatic carbocycles. The monoisotopic (exact) mass is 606 g/mol. The second-order valence-electron chi connectivity index (χ2n) is 14.9. The number of ketones is 6. The minimum Gasteiger partial charge on any atom is -0.507 e. The summed E-state index contributed by atoms with van der Waals surface area (Å²) in [7, 11) is 0. The lowest BCUT2D eigenvalue weighted by atomic mass is 9.39. The zero-order valence-electron chi connectivity index (χ0n) is 26.9. The lowest BCUT2D eigenvalue weighted by Gasteiger charge is -2.62. The number of phenols is 1. The number of rotatable bonds is 7. The van der Waals surface area contributed by atoms with Crippen LogP contribution in [-0.2, 0) is 43.2 Å². The zero-order valence-corrected chi connectivity index (χ0v) is 26.9. The Morgan fingerprint density at radius 1 is 1.00 bits per heavy atom. The Labute approximate surface area is 259 Å². The van der Waals surface area contributed by atoms with Gasteiger partial charge in [0.25, 0.3) is 0 Å². The van der Waals surface area contributed by atoms with Gasteiger partial charge in [0, 0.05) is 23.7 Å². The Balaban J connectivity index is 1.62. The molecule has 3 saturated carbocycles. The van der Waals surface area contributed by atoms with Crippen molar-refractivity contribution >= 4 is 34.7 Å². The SMILES string of the molecule is CCc1cc(CCC(=O)C2CCCCC2)c2c(c1O)C(=O)C1C(=O)[C@@]3(O)C(=O)C(C(C)=O)C(=O)C(C(C)C)[C@@]3(C)C[C@@]1(C)C2. The first kappa shape index (κ1) is 32.4. The van der Waals surface area contributed by atoms with Crippen LogP contribution >= 0.6 is 0 Å². The van der Waals surface area contributed by atoms with Crippen LogP contribution in [-0.4, -0.2) is 50.5 Å². The van der Waals surface area contributed by atoms with E-state index in [9.17, 15) is 39.0 Å². The fourth-order valence-electron chi connectivity index (χ4n) is 9.72. The number of fused-ring (bicyclic) bond motifs is 3. The Morgan fingerprint density at radius 2 is 1.64 bits per heavy atom. The quantitative estimate of drug-likeness (QED) is 0.424. The number of hydrogen-bond acceptors (Lipinski definition) is 8. The van der Waals surface area contributed by atoms with Crippen LogP contribution < -0.4 is 0 Å². The van der Waals surface area contributed by atoms with Crippen LogP contribution in [0.3, 0.4) is 0 Å². The van der Waals surface area contributed by atoms with E-state index in [1.165, 1.54) is 0 Å². The minimum atomic E-state index is -2.71. The molecule has 1 aromatic rings. The number of Topliss-reactive ketones (excluding diaryl/α,β-unsaturated/α-hetero) is 6. The Morgan fingerprint density at radius 3 is 2.20 bits per heavy atom. The third-order valence-electron chi connectivity index (χ3n) is 11.6. The highest BCUT2D eigenvalue weighted by atomic mass is 16.3. The predicted molar refractivity (Wildman–Crippen MR) is 162 cm³/mol. The number of benzene rings is 1. The van der Waals surface area contributed by atoms with Crippen LogP contribution in [0.1, 0.15) is 114 Å². The second kappa shape index (κ2) is 11.1. The maximum atomic E-state index is 14.5. The number of hydrogen-bond donors (Lipinski definition) is 2. The number of phenolic OH excluding ortho intramolecular Hbond substituents is 1. The van der Waals surface area contributed by atoms with Gasteiger partial charge in [-0.05, 0) is 73.5 Å². The van der Waals surface area contributed by atoms with Gasteiger partial charge in [0.2, 0.25) is 0 Å². The van der Waals surface area contributed by atoms with E-state index < -0.39 is 69.0 Å². The maximum Gasteiger partial charge on any atom is 0.190 e. The summed E-state index contributed by atoms with van der Waals surface area (Å²) in [5.41, 5.74) is -3.41. The van der Waals surface area contributed by atoms with Crippen molar-refractivity contribution in [1.82, 2.24) is 0 Å². The molecule has 4 aliphatic rings. The average molecular weight is 607 g/mol. The molecule has 2 N–H and O–H groups in total. The molecule has 238 valence electrons. The largest absolute Gasteiger partial charge is 0.507 e. The van der Waals surface area contributed by atoms with Gasteiger partial charge in [0.05, 0.1) is 11.5 Å². The molecule has 0 aliphatic heterocycles. The van der Waals surface area contributed by atoms with Crippen molar-refractivity contribution < 1.29 is 39.0 Å². The van der Waals surface area contributed by atoms with Gasteiger partial charge in [0.15, 0.2) is 28.7 Å². The molecule has 4 aliphatic carbocycles. The molecule has 0 spiro atoms. The van der Waals surface area contributed by atoms with Gasteiger partial charge in [-0.2, -0.15) is 0 Å². The summed E-state index contributed by atoms with van der Waals surface area (Å²) >= 11 is 0. The fourth-order valence-corrected chi connectivity index (χ4v) is 9.72. The van der Waals surface area contributed by atoms with E-state index in [1.807, 2.05) is 13.0 Å². The third-order valence-corrected chi connectivity index (χ3v) is 11.6. The van der Waals surface area contributed by atoms with Crippen molar-refractivity contribution in [3.05, 3.63) is 28.3 Å². The zero-order chi connectivity index (χ0) is 32.5. The number of aryl methyl sites for hydroxylation is 2. The van der Waals surface area contributed by atoms with E-state index >= 15 is 0 Å². The van der Waals surface area contributed by atoms with Crippen molar-refractivity contribution in [3.63, 3.8) is 0 Å². The molecule has 3 fully saturated rings. The van der Waals surface area contributed by atoms with E-state index in [0.717, 1.165) is 44.6 Å². The third kappa shape index (κ3) is 4.49. The second-order valence-corrected chi connectivity index (χ2v) is 14.9. The van der Waals surface area contributed by atoms with Gasteiger partial charge < -0.3 is 10.2 Å². The van der Waals surface area contributed by atoms with E-state index in [1.54, 1.807) is 27.7 Å². The smallest absolute Gasteiger partial charge is 0.190 e. The maximum absolute atomic E-state index is 14.5. The fraction of sp³-hybridized carbons (Fsp3) is 0.667. The molecular weight excluding hydrogens is 560 g/mol. The van der Waals surface area contributed by atoms with E-state index in [4.69, 9.17) is 0 Å². The summed E-state index contributed by atoms with van der Waals surface area (Å²) in [5, 5.41) is 23.5. The number of aliphatic hydroxyl groups is 1. The summed E-state index contributed by atoms with van der Waals surface area (Å²) < 4.78 is 0. The Bertz CT molecular complexity index is 1460. The topological polar surface area (TPSA) is 143 Å². The van der Waals surface area contributed by atoms with E-state index in [0.29, 0.717) is 30.4 Å². The summed E-state index contributed by atoms with van der Waals surface area (Å²) in [4.78, 5) is 82.2. The molecule has 0 saturated heterocycles. The van der Waals surface area contributed by atoms with Crippen LogP contribution in [0, 0.1) is 40.4 Å². The first-order valence-electron chi connectivity index (χ1n) is 16.3. The lowest BCUT2D eigenvalue weighted by Crippen LogP contribution is -2.76. The highest BCUT2D eigenvalue weighted by Crippen LogP contribution is 2.64. The molecule has 6 atom stereocenters. The highest BCUT2D eigenvalue weighted by Gasteiger charge is 2.76. The van der Waals surface area contributed by atoms with E-state index in [2.05, 4.69) is 0 Å². The summed E-state index contributed by atoms with van der Waals surface area (Å²) in [5.74, 6) is -8.66. The minimum absolute atomic E-state index is 0.0137. The molecule has 0 heterocycles. The molecule has 44 heavy (non-hydrogen) atoms. The highest BCUT2D eigenvalue weighted by molar-refractivity contribution is 6.32. The number of aromatic hydroxyl groups is 1. The molecule has 0 aromatic heterocycles. The first-order valence-corrected chi connectivity index (χ1v) is 16.3. The normalized spacial score (nSPS) is 34.0. The molecule has 0 radical (unpaired) electrons. The van der Waals surface area contributed by atoms with Gasteiger partial charge in [-0.25, -0.2) is 0 Å². The van der Waals surface area contributed by atoms with Crippen LogP contribution in [0.5, 0.6) is 5.75 Å². The number of carbonyl (C=O) groups is 6. The number of carbonyl (C=O) groups excluding carboxylic acids is 6. The predicted octanol–water partition coefficient (Wildman–Crippen LogP) is 4.74. The lowest BCUT2D eigenvalue weighted by molar-refractivity contribution is -0.205. The van der Waals surface area contributed by atoms with Crippen LogP contribution in [0.2, 0.25) is 0 Å². The van der Waals surface area contributed by atoms with E-state index in [-0.39, 0.29) is 35.9 Å². The summed E-state index contributed by atoms with van der Waals surface area (Å²) in [6.45, 7) is 9.85. The van der Waals surface area contributed by atoms with Gasteiger partial charge in [-0.3, -0.25) is 28.8 Å². The van der Waals surface area contributed by atoms with Crippen LogP contribution in [0.25, 0.3) is 0 Å².